The largest absolute Gasteiger partial charge is 0.414 e. The fraction of sp³-hybridized carbons (Fsp3) is 0.625. The van der Waals surface area contributed by atoms with Crippen LogP contribution >= 0.6 is 0 Å². The lowest BCUT2D eigenvalue weighted by molar-refractivity contribution is -0.164. The van der Waals surface area contributed by atoms with Crippen LogP contribution in [0.4, 0.5) is 13.2 Å². The van der Waals surface area contributed by atoms with E-state index in [0.29, 0.717) is 0 Å². The zero-order valence-electron chi connectivity index (χ0n) is 13.1. The summed E-state index contributed by atoms with van der Waals surface area (Å²) < 4.78 is 39.5. The maximum absolute atomic E-state index is 13.2. The smallest absolute Gasteiger partial charge is 0.340 e. The van der Waals surface area contributed by atoms with Gasteiger partial charge in [-0.3, -0.25) is 9.78 Å². The average Bonchev–Trinajstić information content (AvgIpc) is 2.53. The minimum atomic E-state index is -4.56. The Hall–Kier alpha value is -1.63. The number of halogens is 3. The van der Waals surface area contributed by atoms with Crippen molar-refractivity contribution < 1.29 is 18.0 Å². The molecule has 1 N–H and O–H groups in total. The number of likely N-dealkylation sites (tertiary alicyclic amines) is 1. The molecular weight excluding hydrogens is 307 g/mol. The zero-order valence-corrected chi connectivity index (χ0v) is 13.1. The van der Waals surface area contributed by atoms with E-state index in [1.165, 1.54) is 18.3 Å². The molecule has 1 aromatic rings. The van der Waals surface area contributed by atoms with Crippen LogP contribution in [0.3, 0.4) is 0 Å². The quantitative estimate of drug-likeness (QED) is 0.903. The predicted octanol–water partition coefficient (Wildman–Crippen LogP) is 2.92. The van der Waals surface area contributed by atoms with Gasteiger partial charge in [0.05, 0.1) is 5.69 Å². The molecule has 0 bridgehead atoms. The Bertz CT molecular complexity index is 499. The van der Waals surface area contributed by atoms with Gasteiger partial charge in [0.2, 0.25) is 5.91 Å². The van der Waals surface area contributed by atoms with E-state index < -0.39 is 18.1 Å². The molecule has 1 saturated heterocycles. The minimum Gasteiger partial charge on any atom is -0.340 e. The minimum absolute atomic E-state index is 0.136. The number of nitrogens with zero attached hydrogens (tertiary/aromatic N) is 2. The molecule has 1 fully saturated rings. The first kappa shape index (κ1) is 17.7. The first-order valence-corrected chi connectivity index (χ1v) is 7.89. The van der Waals surface area contributed by atoms with E-state index in [2.05, 4.69) is 22.1 Å². The molecular formula is C16H22F3N3O. The van der Waals surface area contributed by atoms with Crippen LogP contribution in [0.15, 0.2) is 24.4 Å². The van der Waals surface area contributed by atoms with Crippen molar-refractivity contribution in [1.82, 2.24) is 15.2 Å². The van der Waals surface area contributed by atoms with Gasteiger partial charge >= 0.3 is 6.18 Å². The number of aromatic nitrogens is 1. The Morgan fingerprint density at radius 2 is 2.09 bits per heavy atom. The molecule has 0 spiro atoms. The SMILES string of the molecule is CCN1CCC(CC(=O)N[C@H](c2ccccn2)C(F)(F)F)CC1. The second-order valence-electron chi connectivity index (χ2n) is 5.88. The van der Waals surface area contributed by atoms with Crippen LogP contribution in [-0.2, 0) is 4.79 Å². The fourth-order valence-electron chi connectivity index (χ4n) is 2.86. The highest BCUT2D eigenvalue weighted by Gasteiger charge is 2.42. The van der Waals surface area contributed by atoms with Crippen LogP contribution in [-0.4, -0.2) is 41.6 Å². The van der Waals surface area contributed by atoms with Gasteiger partial charge in [-0.2, -0.15) is 13.2 Å². The maximum atomic E-state index is 13.2. The molecule has 0 aromatic carbocycles. The number of carbonyl (C=O) groups is 1. The van der Waals surface area contributed by atoms with Crippen molar-refractivity contribution in [3.05, 3.63) is 30.1 Å². The second kappa shape index (κ2) is 7.77. The van der Waals surface area contributed by atoms with Crippen LogP contribution < -0.4 is 5.32 Å². The standard InChI is InChI=1S/C16H22F3N3O/c1-2-22-9-6-12(7-10-22)11-14(23)21-15(16(17,18)19)13-5-3-4-8-20-13/h3-5,8,12,15H,2,6-7,9-11H2,1H3,(H,21,23)/t15-/m1/s1. The lowest BCUT2D eigenvalue weighted by Crippen LogP contribution is -2.40. The number of alkyl halides is 3. The lowest BCUT2D eigenvalue weighted by atomic mass is 9.93. The molecule has 0 unspecified atom stereocenters. The number of amides is 1. The van der Waals surface area contributed by atoms with Crippen molar-refractivity contribution in [1.29, 1.82) is 0 Å². The number of hydrogen-bond donors (Lipinski definition) is 1. The topological polar surface area (TPSA) is 45.2 Å². The van der Waals surface area contributed by atoms with E-state index in [4.69, 9.17) is 0 Å². The summed E-state index contributed by atoms with van der Waals surface area (Å²) in [6, 6.07) is 2.25. The van der Waals surface area contributed by atoms with Crippen molar-refractivity contribution in [2.45, 2.75) is 38.4 Å². The first-order chi connectivity index (χ1) is 10.9. The summed E-state index contributed by atoms with van der Waals surface area (Å²) >= 11 is 0. The van der Waals surface area contributed by atoms with Crippen LogP contribution in [0.5, 0.6) is 0 Å². The van der Waals surface area contributed by atoms with Crippen LogP contribution in [0, 0.1) is 5.92 Å². The Kier molecular flexibility index (Phi) is 5.98. The van der Waals surface area contributed by atoms with E-state index in [0.717, 1.165) is 32.5 Å². The second-order valence-corrected chi connectivity index (χ2v) is 5.88. The number of rotatable bonds is 5. The van der Waals surface area contributed by atoms with Crippen LogP contribution in [0.2, 0.25) is 0 Å². The van der Waals surface area contributed by atoms with Gasteiger partial charge in [-0.15, -0.1) is 0 Å². The van der Waals surface area contributed by atoms with E-state index in [1.807, 2.05) is 0 Å². The van der Waals surface area contributed by atoms with Gasteiger partial charge in [0, 0.05) is 12.6 Å². The highest BCUT2D eigenvalue weighted by atomic mass is 19.4. The molecule has 2 rings (SSSR count). The molecule has 128 valence electrons. The van der Waals surface area contributed by atoms with Gasteiger partial charge in [0.1, 0.15) is 0 Å². The molecule has 1 atom stereocenters. The van der Waals surface area contributed by atoms with E-state index >= 15 is 0 Å². The van der Waals surface area contributed by atoms with E-state index in [1.54, 1.807) is 6.07 Å². The highest BCUT2D eigenvalue weighted by Crippen LogP contribution is 2.32. The third kappa shape index (κ3) is 5.20. The number of pyridine rings is 1. The van der Waals surface area contributed by atoms with Crippen LogP contribution in [0.25, 0.3) is 0 Å². The van der Waals surface area contributed by atoms with Crippen molar-refractivity contribution in [2.24, 2.45) is 5.92 Å². The van der Waals surface area contributed by atoms with Crippen molar-refractivity contribution >= 4 is 5.91 Å². The number of hydrogen-bond acceptors (Lipinski definition) is 3. The Morgan fingerprint density at radius 3 is 2.61 bits per heavy atom. The van der Waals surface area contributed by atoms with Gasteiger partial charge in [-0.25, -0.2) is 0 Å². The lowest BCUT2D eigenvalue weighted by Gasteiger charge is -2.31. The maximum Gasteiger partial charge on any atom is 0.414 e. The molecule has 0 aliphatic carbocycles. The summed E-state index contributed by atoms with van der Waals surface area (Å²) in [6.45, 7) is 4.84. The molecule has 23 heavy (non-hydrogen) atoms. The summed E-state index contributed by atoms with van der Waals surface area (Å²) in [7, 11) is 0. The normalized spacial score (nSPS) is 18.6. The predicted molar refractivity (Wildman–Crippen MR) is 80.6 cm³/mol. The van der Waals surface area contributed by atoms with E-state index in [-0.39, 0.29) is 18.0 Å². The molecule has 1 aromatic heterocycles. The average molecular weight is 329 g/mol. The van der Waals surface area contributed by atoms with Gasteiger partial charge in [-0.05, 0) is 50.5 Å². The molecule has 1 aliphatic heterocycles. The summed E-state index contributed by atoms with van der Waals surface area (Å²) in [5.41, 5.74) is -0.186. The van der Waals surface area contributed by atoms with Gasteiger partial charge in [0.15, 0.2) is 6.04 Å². The number of piperidine rings is 1. The molecule has 1 aliphatic rings. The Balaban J connectivity index is 1.94. The molecule has 7 heteroatoms. The summed E-state index contributed by atoms with van der Waals surface area (Å²) in [5, 5.41) is 2.11. The number of nitrogens with one attached hydrogen (secondary N) is 1. The van der Waals surface area contributed by atoms with Crippen molar-refractivity contribution in [3.63, 3.8) is 0 Å². The fourth-order valence-corrected chi connectivity index (χ4v) is 2.86. The molecule has 4 nitrogen and oxygen atoms in total. The van der Waals surface area contributed by atoms with Crippen molar-refractivity contribution in [3.8, 4) is 0 Å². The zero-order chi connectivity index (χ0) is 16.9. The summed E-state index contributed by atoms with van der Waals surface area (Å²) in [5.74, 6) is -0.414. The van der Waals surface area contributed by atoms with Crippen molar-refractivity contribution in [2.75, 3.05) is 19.6 Å². The van der Waals surface area contributed by atoms with E-state index in [9.17, 15) is 18.0 Å². The highest BCUT2D eigenvalue weighted by molar-refractivity contribution is 5.76. The molecule has 2 heterocycles. The Morgan fingerprint density at radius 1 is 1.39 bits per heavy atom. The summed E-state index contributed by atoms with van der Waals surface area (Å²) in [6.07, 6.45) is -1.43. The van der Waals surface area contributed by atoms with Gasteiger partial charge in [0.25, 0.3) is 0 Å². The molecule has 0 radical (unpaired) electrons. The molecule has 1 amide bonds. The first-order valence-electron chi connectivity index (χ1n) is 7.89. The van der Waals surface area contributed by atoms with Gasteiger partial charge in [-0.1, -0.05) is 13.0 Å². The Labute approximate surface area is 134 Å². The summed E-state index contributed by atoms with van der Waals surface area (Å²) in [4.78, 5) is 18.0. The van der Waals surface area contributed by atoms with Gasteiger partial charge < -0.3 is 10.2 Å². The third-order valence-electron chi connectivity index (χ3n) is 4.24. The molecule has 0 saturated carbocycles. The number of carbonyl (C=O) groups excluding carboxylic acids is 1. The van der Waals surface area contributed by atoms with Crippen LogP contribution in [0.1, 0.15) is 37.9 Å². The third-order valence-corrected chi connectivity index (χ3v) is 4.24. The monoisotopic (exact) mass is 329 g/mol.